The molecule has 10 heteroatoms. The molecular formula is C41H51N5O4S. The Morgan fingerprint density at radius 1 is 0.980 bits per heavy atom. The van der Waals surface area contributed by atoms with Gasteiger partial charge in [0.1, 0.15) is 6.61 Å². The maximum atomic E-state index is 14.5. The summed E-state index contributed by atoms with van der Waals surface area (Å²) in [5, 5.41) is 0. The summed E-state index contributed by atoms with van der Waals surface area (Å²) < 4.78 is 36.4. The van der Waals surface area contributed by atoms with Crippen molar-refractivity contribution in [3.63, 3.8) is 0 Å². The molecule has 1 aliphatic heterocycles. The van der Waals surface area contributed by atoms with Crippen LogP contribution in [0, 0.1) is 30.1 Å². The van der Waals surface area contributed by atoms with E-state index in [0.29, 0.717) is 28.9 Å². The van der Waals surface area contributed by atoms with Gasteiger partial charge >= 0.3 is 0 Å². The number of aryl methyl sites for hydroxylation is 2. The minimum absolute atomic E-state index is 0. The number of hydrogen-bond donors (Lipinski definition) is 1. The summed E-state index contributed by atoms with van der Waals surface area (Å²) >= 11 is 0. The quantitative estimate of drug-likeness (QED) is 0.220. The number of rotatable bonds is 5. The Bertz CT molecular complexity index is 2060. The van der Waals surface area contributed by atoms with Crippen LogP contribution in [-0.4, -0.2) is 46.8 Å². The Morgan fingerprint density at radius 2 is 1.69 bits per heavy atom. The third kappa shape index (κ3) is 7.38. The van der Waals surface area contributed by atoms with Crippen molar-refractivity contribution in [2.45, 2.75) is 104 Å². The van der Waals surface area contributed by atoms with Gasteiger partial charge in [0, 0.05) is 24.8 Å². The molecule has 3 heterocycles. The van der Waals surface area contributed by atoms with Crippen LogP contribution in [-0.2, 0) is 16.6 Å². The number of anilines is 1. The van der Waals surface area contributed by atoms with Crippen LogP contribution in [0.2, 0.25) is 0 Å². The monoisotopic (exact) mass is 709 g/mol. The Labute approximate surface area is 303 Å². The first-order chi connectivity index (χ1) is 24.0. The summed E-state index contributed by atoms with van der Waals surface area (Å²) in [4.78, 5) is 30.3. The lowest BCUT2D eigenvalue weighted by molar-refractivity contribution is -0.0886. The van der Waals surface area contributed by atoms with E-state index in [0.717, 1.165) is 22.4 Å². The molecule has 2 saturated carbocycles. The minimum atomic E-state index is -4.16. The number of ether oxygens (including phenoxy) is 1. The highest BCUT2D eigenvalue weighted by molar-refractivity contribution is 7.92. The van der Waals surface area contributed by atoms with E-state index in [-0.39, 0.29) is 54.2 Å². The SMILES string of the molecule is Cc1cccc(C)c1-c1cc2nc(n1)NS(=O)(=O)c1cccc(c1)C(=O)N(Cc1ccc(C3CC4(C3)CC(C)(C)C4)cn1)[C@H](CC(C)(C)C)CO2.[HH]. The number of carbonyl (C=O) groups is 1. The zero-order chi connectivity index (χ0) is 36.3. The van der Waals surface area contributed by atoms with Crippen LogP contribution in [0.5, 0.6) is 5.88 Å². The fourth-order valence-electron chi connectivity index (χ4n) is 8.98. The number of sulfonamides is 1. The smallest absolute Gasteiger partial charge is 0.264 e. The lowest BCUT2D eigenvalue weighted by Gasteiger charge is -2.62. The van der Waals surface area contributed by atoms with Crippen molar-refractivity contribution in [3.05, 3.63) is 94.8 Å². The average molecular weight is 710 g/mol. The number of pyridine rings is 1. The molecule has 0 radical (unpaired) electrons. The van der Waals surface area contributed by atoms with Gasteiger partial charge in [-0.3, -0.25) is 9.78 Å². The number of amides is 1. The molecule has 4 aromatic rings. The third-order valence-electron chi connectivity index (χ3n) is 10.7. The van der Waals surface area contributed by atoms with Gasteiger partial charge in [0.05, 0.1) is 28.9 Å². The molecule has 1 atom stereocenters. The summed E-state index contributed by atoms with van der Waals surface area (Å²) in [6.45, 7) is 15.5. The van der Waals surface area contributed by atoms with Gasteiger partial charge in [-0.15, -0.1) is 0 Å². The van der Waals surface area contributed by atoms with Crippen LogP contribution in [0.1, 0.15) is 107 Å². The van der Waals surface area contributed by atoms with E-state index in [1.165, 1.54) is 43.4 Å². The Morgan fingerprint density at radius 3 is 2.33 bits per heavy atom. The molecule has 1 amide bonds. The van der Waals surface area contributed by atoms with Crippen molar-refractivity contribution < 1.29 is 19.4 Å². The molecule has 2 aromatic heterocycles. The maximum absolute atomic E-state index is 14.5. The Hall–Kier alpha value is -4.31. The summed E-state index contributed by atoms with van der Waals surface area (Å²) in [5.41, 5.74) is 6.49. The highest BCUT2D eigenvalue weighted by Gasteiger charge is 2.56. The second-order valence-corrected chi connectivity index (χ2v) is 18.9. The van der Waals surface area contributed by atoms with Gasteiger partial charge in [0.25, 0.3) is 15.9 Å². The van der Waals surface area contributed by atoms with Crippen molar-refractivity contribution in [3.8, 4) is 17.1 Å². The second-order valence-electron chi connectivity index (χ2n) is 17.2. The summed E-state index contributed by atoms with van der Waals surface area (Å²) in [6.07, 6.45) is 7.65. The number of nitrogens with one attached hydrogen (secondary N) is 1. The normalized spacial score (nSPS) is 20.9. The van der Waals surface area contributed by atoms with Crippen LogP contribution < -0.4 is 9.46 Å². The van der Waals surface area contributed by atoms with E-state index in [4.69, 9.17) is 9.72 Å². The van der Waals surface area contributed by atoms with Crippen LogP contribution in [0.3, 0.4) is 0 Å². The van der Waals surface area contributed by atoms with Crippen molar-refractivity contribution in [1.82, 2.24) is 19.9 Å². The average Bonchev–Trinajstić information content (AvgIpc) is 3.02. The fraction of sp³-hybridized carbons (Fsp3) is 0.463. The molecule has 270 valence electrons. The third-order valence-corrected chi connectivity index (χ3v) is 12.1. The fourth-order valence-corrected chi connectivity index (χ4v) is 9.97. The van der Waals surface area contributed by atoms with Crippen molar-refractivity contribution in [2.24, 2.45) is 16.2 Å². The zero-order valence-electron chi connectivity index (χ0n) is 30.8. The molecule has 9 nitrogen and oxygen atoms in total. The molecule has 2 fully saturated rings. The molecule has 1 N–H and O–H groups in total. The molecule has 7 rings (SSSR count). The topological polar surface area (TPSA) is 114 Å². The van der Waals surface area contributed by atoms with E-state index >= 15 is 0 Å². The van der Waals surface area contributed by atoms with Gasteiger partial charge in [0.2, 0.25) is 11.8 Å². The van der Waals surface area contributed by atoms with Crippen molar-refractivity contribution in [2.75, 3.05) is 11.3 Å². The maximum Gasteiger partial charge on any atom is 0.264 e. The van der Waals surface area contributed by atoms with Crippen LogP contribution in [0.4, 0.5) is 5.95 Å². The first kappa shape index (κ1) is 35.1. The van der Waals surface area contributed by atoms with Gasteiger partial charge in [-0.1, -0.05) is 65.0 Å². The molecule has 0 unspecified atom stereocenters. The predicted molar refractivity (Wildman–Crippen MR) is 201 cm³/mol. The van der Waals surface area contributed by atoms with Gasteiger partial charge in [-0.25, -0.2) is 18.1 Å². The Balaban J connectivity index is 0.00000464. The zero-order valence-corrected chi connectivity index (χ0v) is 31.6. The Kier molecular flexibility index (Phi) is 8.76. The number of nitrogens with zero attached hydrogens (tertiary/aromatic N) is 4. The molecule has 1 spiro atoms. The number of carbonyl (C=O) groups excluding carboxylic acids is 1. The van der Waals surface area contributed by atoms with E-state index < -0.39 is 10.0 Å². The molecule has 51 heavy (non-hydrogen) atoms. The second kappa shape index (κ2) is 12.7. The summed E-state index contributed by atoms with van der Waals surface area (Å²) in [6, 6.07) is 17.7. The molecule has 4 bridgehead atoms. The molecule has 0 saturated heterocycles. The lowest BCUT2D eigenvalue weighted by Crippen LogP contribution is -2.50. The van der Waals surface area contributed by atoms with Crippen LogP contribution in [0.25, 0.3) is 11.3 Å². The number of benzene rings is 2. The first-order valence-corrected chi connectivity index (χ1v) is 19.4. The van der Waals surface area contributed by atoms with Crippen molar-refractivity contribution >= 4 is 21.9 Å². The predicted octanol–water partition coefficient (Wildman–Crippen LogP) is 8.73. The number of aromatic nitrogens is 3. The molecule has 2 aliphatic carbocycles. The van der Waals surface area contributed by atoms with E-state index in [1.807, 2.05) is 44.3 Å². The van der Waals surface area contributed by atoms with Gasteiger partial charge in [-0.2, -0.15) is 4.98 Å². The van der Waals surface area contributed by atoms with Crippen LogP contribution >= 0.6 is 0 Å². The molecule has 3 aliphatic rings. The number of hydrogen-bond acceptors (Lipinski definition) is 7. The highest BCUT2D eigenvalue weighted by atomic mass is 32.2. The largest absolute Gasteiger partial charge is 0.475 e. The van der Waals surface area contributed by atoms with Gasteiger partial charge < -0.3 is 9.64 Å². The summed E-state index contributed by atoms with van der Waals surface area (Å²) in [5.74, 6) is 0.347. The summed E-state index contributed by atoms with van der Waals surface area (Å²) in [7, 11) is -4.16. The van der Waals surface area contributed by atoms with E-state index in [2.05, 4.69) is 55.4 Å². The van der Waals surface area contributed by atoms with Gasteiger partial charge in [-0.05, 0) is 109 Å². The molecular weight excluding hydrogens is 659 g/mol. The molecule has 2 aromatic carbocycles. The number of fused-ring (bicyclic) bond motifs is 4. The van der Waals surface area contributed by atoms with Crippen molar-refractivity contribution in [1.29, 1.82) is 0 Å². The van der Waals surface area contributed by atoms with Gasteiger partial charge in [0.15, 0.2) is 0 Å². The van der Waals surface area contributed by atoms with E-state index in [1.54, 1.807) is 23.1 Å². The lowest BCUT2D eigenvalue weighted by atomic mass is 9.43. The highest BCUT2D eigenvalue weighted by Crippen LogP contribution is 2.68. The van der Waals surface area contributed by atoms with Crippen LogP contribution in [0.15, 0.2) is 71.8 Å². The van der Waals surface area contributed by atoms with E-state index in [9.17, 15) is 13.2 Å². The standard InChI is InChI=1S/C41H49N5O4S.H2/c1-26-10-8-11-27(2)36(26)34-17-35-44-38(43-34)45-51(48,49)33-13-9-12-28(16-33)37(47)46(32(23-50-35)20-39(3,4)5)22-31-15-14-29(21-42-31)30-18-41(19-30)24-40(6,7)25-41;/h8-17,21,30,32H,18-20,22-25H2,1-7H3,(H,43,44,45);1H/t32-;/m1./s1. The first-order valence-electron chi connectivity index (χ1n) is 18.0. The minimum Gasteiger partial charge on any atom is -0.475 e.